The molecule has 0 radical (unpaired) electrons. The van der Waals surface area contributed by atoms with Gasteiger partial charge in [-0.05, 0) is 0 Å². The second-order valence-corrected chi connectivity index (χ2v) is 5.30. The minimum atomic E-state index is 1.02. The molecular weight excluding hydrogens is 175 g/mol. The minimum absolute atomic E-state index is 1.02. The van der Waals surface area contributed by atoms with Crippen molar-refractivity contribution in [2.45, 2.75) is 49.2 Å². The van der Waals surface area contributed by atoms with Crippen LogP contribution in [0.1, 0.15) is 38.5 Å². The van der Waals surface area contributed by atoms with Crippen LogP contribution in [0.15, 0.2) is 0 Å². The van der Waals surface area contributed by atoms with E-state index in [1.54, 1.807) is 10.6 Å². The molecule has 1 aliphatic heterocycles. The van der Waals surface area contributed by atoms with Crippen molar-refractivity contribution in [3.63, 3.8) is 0 Å². The van der Waals surface area contributed by atoms with E-state index in [2.05, 4.69) is 0 Å². The molecule has 0 bridgehead atoms. The van der Waals surface area contributed by atoms with E-state index < -0.39 is 0 Å². The zero-order valence-corrected chi connectivity index (χ0v) is 7.78. The molecule has 0 spiro atoms. The number of rotatable bonds is 0. The summed E-state index contributed by atoms with van der Waals surface area (Å²) >= 11 is 1.02. The van der Waals surface area contributed by atoms with Gasteiger partial charge in [0.15, 0.2) is 0 Å². The Labute approximate surface area is 64.6 Å². The van der Waals surface area contributed by atoms with Crippen LogP contribution in [0.5, 0.6) is 0 Å². The van der Waals surface area contributed by atoms with Crippen molar-refractivity contribution >= 4 is 15.0 Å². The summed E-state index contributed by atoms with van der Waals surface area (Å²) in [4.78, 5) is 0. The molecule has 0 aromatic carbocycles. The monoisotopic (exact) mass is 192 g/mol. The van der Waals surface area contributed by atoms with Crippen LogP contribution in [0.2, 0.25) is 10.6 Å². The topological polar surface area (TPSA) is 0 Å². The predicted molar refractivity (Wildman–Crippen MR) is 43.1 cm³/mol. The van der Waals surface area contributed by atoms with Gasteiger partial charge in [0.25, 0.3) is 0 Å². The van der Waals surface area contributed by atoms with Crippen LogP contribution in [0, 0.1) is 0 Å². The molecular formula is C8H16Se. The first-order valence-electron chi connectivity index (χ1n) is 4.08. The average molecular weight is 191 g/mol. The molecule has 0 saturated carbocycles. The van der Waals surface area contributed by atoms with Gasteiger partial charge in [-0.2, -0.15) is 0 Å². The van der Waals surface area contributed by atoms with Crippen molar-refractivity contribution < 1.29 is 0 Å². The number of hydrogen-bond acceptors (Lipinski definition) is 0. The SMILES string of the molecule is C1CCCC[Se]CCC1. The van der Waals surface area contributed by atoms with Gasteiger partial charge in [-0.3, -0.25) is 0 Å². The van der Waals surface area contributed by atoms with Gasteiger partial charge >= 0.3 is 64.1 Å². The van der Waals surface area contributed by atoms with Crippen molar-refractivity contribution in [1.82, 2.24) is 0 Å². The summed E-state index contributed by atoms with van der Waals surface area (Å²) < 4.78 is 0. The molecule has 1 fully saturated rings. The first-order valence-corrected chi connectivity index (χ1v) is 6.50. The molecule has 0 unspecified atom stereocenters. The van der Waals surface area contributed by atoms with Crippen molar-refractivity contribution in [2.75, 3.05) is 0 Å². The van der Waals surface area contributed by atoms with Crippen LogP contribution in [-0.2, 0) is 0 Å². The Balaban J connectivity index is 2.02. The van der Waals surface area contributed by atoms with Crippen molar-refractivity contribution in [3.8, 4) is 0 Å². The molecule has 0 atom stereocenters. The molecule has 0 aromatic rings. The Morgan fingerprint density at radius 1 is 0.556 bits per heavy atom. The summed E-state index contributed by atoms with van der Waals surface area (Å²) in [7, 11) is 0. The maximum absolute atomic E-state index is 1.56. The summed E-state index contributed by atoms with van der Waals surface area (Å²) in [5.41, 5.74) is 0. The van der Waals surface area contributed by atoms with Crippen molar-refractivity contribution in [3.05, 3.63) is 0 Å². The summed E-state index contributed by atoms with van der Waals surface area (Å²) in [6, 6.07) is 0. The predicted octanol–water partition coefficient (Wildman–Crippen LogP) is 2.88. The Morgan fingerprint density at radius 3 is 1.56 bits per heavy atom. The van der Waals surface area contributed by atoms with Crippen LogP contribution in [0.3, 0.4) is 0 Å². The fourth-order valence-electron chi connectivity index (χ4n) is 1.22. The van der Waals surface area contributed by atoms with Crippen molar-refractivity contribution in [2.24, 2.45) is 0 Å². The van der Waals surface area contributed by atoms with Crippen LogP contribution in [-0.4, -0.2) is 15.0 Å². The zero-order valence-electron chi connectivity index (χ0n) is 6.07. The maximum atomic E-state index is 1.56. The fourth-order valence-corrected chi connectivity index (χ4v) is 3.36. The third-order valence-electron chi connectivity index (χ3n) is 1.83. The average Bonchev–Trinajstić information content (AvgIpc) is 2.00. The molecule has 0 nitrogen and oxygen atoms in total. The standard InChI is InChI=1S/C8H16Se/c1-2-4-6-8-9-7-5-3-1/h1-8H2. The second kappa shape index (κ2) is 5.32. The Hall–Kier alpha value is 0.519. The van der Waals surface area contributed by atoms with Crippen LogP contribution >= 0.6 is 0 Å². The molecule has 1 heterocycles. The molecule has 0 amide bonds. The van der Waals surface area contributed by atoms with E-state index in [1.807, 2.05) is 0 Å². The van der Waals surface area contributed by atoms with Crippen LogP contribution in [0.25, 0.3) is 0 Å². The van der Waals surface area contributed by atoms with Crippen molar-refractivity contribution in [1.29, 1.82) is 0 Å². The summed E-state index contributed by atoms with van der Waals surface area (Å²) in [5, 5.41) is 3.12. The van der Waals surface area contributed by atoms with E-state index in [0.29, 0.717) is 0 Å². The fraction of sp³-hybridized carbons (Fsp3) is 1.00. The molecule has 1 saturated heterocycles. The van der Waals surface area contributed by atoms with E-state index in [0.717, 1.165) is 15.0 Å². The van der Waals surface area contributed by atoms with Gasteiger partial charge in [-0.1, -0.05) is 0 Å². The third kappa shape index (κ3) is 4.00. The summed E-state index contributed by atoms with van der Waals surface area (Å²) in [6.45, 7) is 0. The molecule has 1 aliphatic rings. The van der Waals surface area contributed by atoms with Crippen LogP contribution < -0.4 is 0 Å². The molecule has 0 aliphatic carbocycles. The quantitative estimate of drug-likeness (QED) is 0.516. The number of hydrogen-bond donors (Lipinski definition) is 0. The zero-order chi connectivity index (χ0) is 6.36. The molecule has 9 heavy (non-hydrogen) atoms. The molecule has 1 rings (SSSR count). The van der Waals surface area contributed by atoms with Gasteiger partial charge in [-0.25, -0.2) is 0 Å². The molecule has 1 heteroatoms. The van der Waals surface area contributed by atoms with Gasteiger partial charge in [0.1, 0.15) is 0 Å². The third-order valence-corrected chi connectivity index (χ3v) is 4.25. The van der Waals surface area contributed by atoms with Gasteiger partial charge < -0.3 is 0 Å². The second-order valence-electron chi connectivity index (χ2n) is 2.73. The van der Waals surface area contributed by atoms with Gasteiger partial charge in [0.05, 0.1) is 0 Å². The van der Waals surface area contributed by atoms with Gasteiger partial charge in [-0.15, -0.1) is 0 Å². The summed E-state index contributed by atoms with van der Waals surface area (Å²) in [6.07, 6.45) is 9.11. The first-order chi connectivity index (χ1) is 4.50. The molecule has 54 valence electrons. The first kappa shape index (κ1) is 7.62. The molecule has 0 N–H and O–H groups in total. The van der Waals surface area contributed by atoms with E-state index in [4.69, 9.17) is 0 Å². The van der Waals surface area contributed by atoms with E-state index in [1.165, 1.54) is 38.5 Å². The van der Waals surface area contributed by atoms with E-state index in [-0.39, 0.29) is 0 Å². The Morgan fingerprint density at radius 2 is 1.00 bits per heavy atom. The van der Waals surface area contributed by atoms with Crippen LogP contribution in [0.4, 0.5) is 0 Å². The molecule has 0 aromatic heterocycles. The summed E-state index contributed by atoms with van der Waals surface area (Å²) in [5.74, 6) is 0. The Kier molecular flexibility index (Phi) is 4.50. The van der Waals surface area contributed by atoms with Gasteiger partial charge in [0.2, 0.25) is 0 Å². The van der Waals surface area contributed by atoms with Gasteiger partial charge in [0, 0.05) is 0 Å². The Bertz CT molecular complexity index is 33.1. The van der Waals surface area contributed by atoms with E-state index in [9.17, 15) is 0 Å². The normalized spacial score (nSPS) is 24.0. The van der Waals surface area contributed by atoms with E-state index >= 15 is 0 Å².